The zero-order valence-corrected chi connectivity index (χ0v) is 20.1. The Morgan fingerprint density at radius 1 is 1.65 bits per heavy atom. The van der Waals surface area contributed by atoms with Crippen LogP contribution in [0.3, 0.4) is 0 Å². The van der Waals surface area contributed by atoms with Crippen LogP contribution in [-0.2, 0) is 9.58 Å². The van der Waals surface area contributed by atoms with E-state index in [4.69, 9.17) is 4.74 Å². The third kappa shape index (κ3) is 3.51. The summed E-state index contributed by atoms with van der Waals surface area (Å²) >= 11 is 0.538. The number of hydrogen-bond donors (Lipinski definition) is 1. The van der Waals surface area contributed by atoms with Crippen LogP contribution in [0.1, 0.15) is 31.6 Å². The molecule has 110 valence electrons. The van der Waals surface area contributed by atoms with Crippen molar-refractivity contribution in [3.8, 4) is 0 Å². The summed E-state index contributed by atoms with van der Waals surface area (Å²) in [6.45, 7) is 3.80. The number of H-pyrrole nitrogens is 1. The van der Waals surface area contributed by atoms with Crippen molar-refractivity contribution in [2.75, 3.05) is 0 Å². The molecule has 2 rings (SSSR count). The monoisotopic (exact) mass is 526 g/mol. The van der Waals surface area contributed by atoms with E-state index in [9.17, 15) is 9.59 Å². The molecule has 0 bridgehead atoms. The zero-order valence-electron chi connectivity index (χ0n) is 11.6. The van der Waals surface area contributed by atoms with Gasteiger partial charge in [-0.15, -0.1) is 0 Å². The molecular formula is C11H19N2O3P2STl. The van der Waals surface area contributed by atoms with Gasteiger partial charge in [-0.2, -0.15) is 0 Å². The maximum absolute atomic E-state index is 12.1. The Morgan fingerprint density at radius 2 is 2.30 bits per heavy atom. The van der Waals surface area contributed by atoms with E-state index in [2.05, 4.69) is 28.4 Å². The Morgan fingerprint density at radius 3 is 2.85 bits per heavy atom. The summed E-state index contributed by atoms with van der Waals surface area (Å²) in [5.41, 5.74) is -0.185. The van der Waals surface area contributed by atoms with Crippen molar-refractivity contribution in [1.29, 1.82) is 0 Å². The average Bonchev–Trinajstić information content (AvgIpc) is 2.77. The van der Waals surface area contributed by atoms with Crippen LogP contribution in [0.2, 0.25) is 0 Å². The first-order chi connectivity index (χ1) is 9.24. The Kier molecular flexibility index (Phi) is 5.45. The van der Waals surface area contributed by atoms with Crippen LogP contribution >= 0.6 is 16.5 Å². The molecule has 0 radical (unpaired) electrons. The first-order valence-corrected chi connectivity index (χ1v) is 17.7. The molecule has 0 amide bonds. The van der Waals surface area contributed by atoms with E-state index < -0.39 is 4.84 Å². The van der Waals surface area contributed by atoms with Gasteiger partial charge in [-0.1, -0.05) is 0 Å². The molecule has 1 saturated heterocycles. The van der Waals surface area contributed by atoms with Gasteiger partial charge in [-0.05, 0) is 0 Å². The summed E-state index contributed by atoms with van der Waals surface area (Å²) in [5.74, 6) is 0. The summed E-state index contributed by atoms with van der Waals surface area (Å²) < 4.78 is 7.61. The Labute approximate surface area is 135 Å². The van der Waals surface area contributed by atoms with Gasteiger partial charge in [-0.3, -0.25) is 0 Å². The van der Waals surface area contributed by atoms with Gasteiger partial charge in [0.25, 0.3) is 0 Å². The van der Waals surface area contributed by atoms with Crippen molar-refractivity contribution >= 4 is 45.0 Å². The molecule has 1 aromatic heterocycles. The van der Waals surface area contributed by atoms with Gasteiger partial charge < -0.3 is 0 Å². The van der Waals surface area contributed by atoms with Crippen LogP contribution in [-0.4, -0.2) is 44.6 Å². The van der Waals surface area contributed by atoms with Crippen LogP contribution in [0.5, 0.6) is 0 Å². The number of nitrogens with one attached hydrogen (secondary N) is 1. The summed E-state index contributed by atoms with van der Waals surface area (Å²) in [4.78, 5) is 25.0. The van der Waals surface area contributed by atoms with Crippen LogP contribution < -0.4 is 11.2 Å². The minimum absolute atomic E-state index is 0.177. The Bertz CT molecular complexity index is 728. The number of ether oxygens (including phenoxy) is 1. The van der Waals surface area contributed by atoms with Gasteiger partial charge >= 0.3 is 136 Å². The van der Waals surface area contributed by atoms with Gasteiger partial charge in [0, 0.05) is 0 Å². The molecule has 1 aromatic rings. The molecule has 9 heteroatoms. The Balaban J connectivity index is 2.52. The summed E-state index contributed by atoms with van der Waals surface area (Å²) in [7, 11) is 6.80. The quantitative estimate of drug-likeness (QED) is 0.468. The molecule has 5 nitrogen and oxygen atoms in total. The standard InChI is InChI=1S/C11H18N2O3P2S.Tl.H/c1-3-7-4-8(19(17)18)10(16-7)13-5-6(2)9(14)12-11(13)15;;/h5,7-8,10,17H,3-4,18H2,1-2H3,(H,12,14,15);;/t7-,8+,10-,19?;;/m1../s1. The topological polar surface area (TPSA) is 64.1 Å². The second kappa shape index (κ2) is 6.41. The van der Waals surface area contributed by atoms with Gasteiger partial charge in [0.1, 0.15) is 0 Å². The van der Waals surface area contributed by atoms with E-state index in [1.165, 1.54) is 0 Å². The van der Waals surface area contributed by atoms with Crippen LogP contribution in [0.15, 0.2) is 15.8 Å². The Hall–Kier alpha value is 0.642. The fourth-order valence-electron chi connectivity index (χ4n) is 2.38. The van der Waals surface area contributed by atoms with Crippen LogP contribution in [0.25, 0.3) is 0 Å². The number of hydrogen-bond acceptors (Lipinski definition) is 3. The molecule has 0 spiro atoms. The molecule has 1 fully saturated rings. The molecule has 1 N–H and O–H groups in total. The molecular weight excluding hydrogens is 507 g/mol. The van der Waals surface area contributed by atoms with Crippen LogP contribution in [0, 0.1) is 6.92 Å². The third-order valence-electron chi connectivity index (χ3n) is 3.56. The van der Waals surface area contributed by atoms with E-state index in [1.807, 2.05) is 0 Å². The van der Waals surface area contributed by atoms with Gasteiger partial charge in [0.2, 0.25) is 0 Å². The van der Waals surface area contributed by atoms with Crippen molar-refractivity contribution in [1.82, 2.24) is 9.55 Å². The molecule has 0 saturated carbocycles. The van der Waals surface area contributed by atoms with Crippen molar-refractivity contribution in [2.45, 2.75) is 44.3 Å². The number of nitrogens with zero attached hydrogens (tertiary/aromatic N) is 1. The number of aromatic amines is 1. The van der Waals surface area contributed by atoms with E-state index in [1.54, 1.807) is 17.7 Å². The first-order valence-electron chi connectivity index (χ1n) is 6.39. The second-order valence-electron chi connectivity index (χ2n) is 5.16. The van der Waals surface area contributed by atoms with E-state index in [0.717, 1.165) is 12.8 Å². The molecule has 1 aliphatic rings. The molecule has 0 aliphatic carbocycles. The number of aryl methyl sites for hydroxylation is 1. The van der Waals surface area contributed by atoms with Crippen molar-refractivity contribution < 1.29 is 4.74 Å². The van der Waals surface area contributed by atoms with Gasteiger partial charge in [-0.25, -0.2) is 0 Å². The van der Waals surface area contributed by atoms with E-state index in [-0.39, 0.29) is 23.6 Å². The minimum atomic E-state index is -0.943. The van der Waals surface area contributed by atoms with Gasteiger partial charge in [0.15, 0.2) is 0 Å². The molecule has 1 aliphatic heterocycles. The van der Waals surface area contributed by atoms with E-state index in [0.29, 0.717) is 34.5 Å². The number of rotatable bonds is 3. The molecule has 2 unspecified atom stereocenters. The summed E-state index contributed by atoms with van der Waals surface area (Å²) in [6, 6.07) is 0. The van der Waals surface area contributed by atoms with Gasteiger partial charge in [0.05, 0.1) is 0 Å². The summed E-state index contributed by atoms with van der Waals surface area (Å²) in [6.07, 6.45) is 3.40. The predicted octanol–water partition coefficient (Wildman–Crippen LogP) is 0.729. The second-order valence-corrected chi connectivity index (χ2v) is 39.3. The fourth-order valence-corrected chi connectivity index (χ4v) is 8.43. The normalized spacial score (nSPS) is 29.2. The van der Waals surface area contributed by atoms with Crippen LogP contribution in [0.4, 0.5) is 0 Å². The SMILES string of the molecule is CC[C@@H]1C[C@H]([S](=P)(P)=[TlH])[C@H](n2cc(C)c(=O)[nH]c2=O)O1. The fraction of sp³-hybridized carbons (Fsp3) is 0.636. The molecule has 0 aromatic carbocycles. The third-order valence-corrected chi connectivity index (χ3v) is 12.0. The maximum atomic E-state index is 12.1. The van der Waals surface area contributed by atoms with Crippen molar-refractivity contribution in [3.63, 3.8) is 0 Å². The zero-order chi connectivity index (χ0) is 15.1. The predicted molar refractivity (Wildman–Crippen MR) is 91.2 cm³/mol. The summed E-state index contributed by atoms with van der Waals surface area (Å²) in [5, 5.41) is 0.292. The molecule has 20 heavy (non-hydrogen) atoms. The first kappa shape index (κ1) is 17.0. The molecule has 2 heterocycles. The number of aromatic nitrogens is 2. The van der Waals surface area contributed by atoms with Crippen molar-refractivity contribution in [3.05, 3.63) is 32.6 Å². The van der Waals surface area contributed by atoms with Crippen molar-refractivity contribution in [2.24, 2.45) is 0 Å². The van der Waals surface area contributed by atoms with E-state index >= 15 is 0 Å². The molecule has 5 atom stereocenters. The average molecular weight is 526 g/mol.